The Kier molecular flexibility index (Phi) is 4.95. The second-order valence-corrected chi connectivity index (χ2v) is 5.57. The van der Waals surface area contributed by atoms with Gasteiger partial charge in [-0.25, -0.2) is 0 Å². The van der Waals surface area contributed by atoms with Crippen molar-refractivity contribution in [3.63, 3.8) is 0 Å². The standard InChI is InChI=1S/C15H23N3O2/c1-3-16-12-4-7-17-13(10-12)14(19)18-11-15(2)5-8-20-9-6-15/h4,7,10H,3,5-6,8-9,11H2,1-2H3,(H,16,17)(H,18,19). The minimum absolute atomic E-state index is 0.113. The van der Waals surface area contributed by atoms with Crippen molar-refractivity contribution < 1.29 is 9.53 Å². The van der Waals surface area contributed by atoms with Gasteiger partial charge in [0.05, 0.1) is 0 Å². The summed E-state index contributed by atoms with van der Waals surface area (Å²) in [6.07, 6.45) is 3.62. The maximum Gasteiger partial charge on any atom is 0.269 e. The van der Waals surface area contributed by atoms with Crippen molar-refractivity contribution in [2.24, 2.45) is 5.41 Å². The van der Waals surface area contributed by atoms with E-state index in [0.29, 0.717) is 12.2 Å². The van der Waals surface area contributed by atoms with Crippen molar-refractivity contribution in [2.45, 2.75) is 26.7 Å². The van der Waals surface area contributed by atoms with Gasteiger partial charge in [0.15, 0.2) is 0 Å². The molecule has 0 radical (unpaired) electrons. The smallest absolute Gasteiger partial charge is 0.269 e. The van der Waals surface area contributed by atoms with E-state index in [1.165, 1.54) is 0 Å². The summed E-state index contributed by atoms with van der Waals surface area (Å²) in [5, 5.41) is 6.17. The molecule has 1 aromatic rings. The molecule has 1 fully saturated rings. The minimum Gasteiger partial charge on any atom is -0.385 e. The maximum atomic E-state index is 12.2. The fourth-order valence-electron chi connectivity index (χ4n) is 2.29. The quantitative estimate of drug-likeness (QED) is 0.864. The molecule has 0 unspecified atom stereocenters. The lowest BCUT2D eigenvalue weighted by atomic mass is 9.82. The zero-order chi connectivity index (χ0) is 14.4. The molecule has 2 N–H and O–H groups in total. The van der Waals surface area contributed by atoms with Crippen molar-refractivity contribution in [1.82, 2.24) is 10.3 Å². The number of rotatable bonds is 5. The molecule has 0 saturated carbocycles. The Morgan fingerprint density at radius 1 is 1.45 bits per heavy atom. The molecular weight excluding hydrogens is 254 g/mol. The third kappa shape index (κ3) is 3.93. The van der Waals surface area contributed by atoms with Gasteiger partial charge in [0.1, 0.15) is 5.69 Å². The van der Waals surface area contributed by atoms with Crippen LogP contribution in [0.3, 0.4) is 0 Å². The Morgan fingerprint density at radius 3 is 2.90 bits per heavy atom. The predicted octanol–water partition coefficient (Wildman–Crippen LogP) is 2.06. The first-order valence-electron chi connectivity index (χ1n) is 7.19. The predicted molar refractivity (Wildman–Crippen MR) is 78.9 cm³/mol. The maximum absolute atomic E-state index is 12.2. The van der Waals surface area contributed by atoms with E-state index in [0.717, 1.165) is 38.3 Å². The number of amides is 1. The van der Waals surface area contributed by atoms with Gasteiger partial charge in [0.25, 0.3) is 5.91 Å². The van der Waals surface area contributed by atoms with Crippen LogP contribution in [-0.4, -0.2) is 37.2 Å². The lowest BCUT2D eigenvalue weighted by molar-refractivity contribution is 0.0238. The highest BCUT2D eigenvalue weighted by atomic mass is 16.5. The normalized spacial score (nSPS) is 17.5. The fourth-order valence-corrected chi connectivity index (χ4v) is 2.29. The molecule has 110 valence electrons. The monoisotopic (exact) mass is 277 g/mol. The molecule has 1 aliphatic heterocycles. The number of carbonyl (C=O) groups is 1. The van der Waals surface area contributed by atoms with Gasteiger partial charge >= 0.3 is 0 Å². The van der Waals surface area contributed by atoms with E-state index in [-0.39, 0.29) is 11.3 Å². The molecule has 0 spiro atoms. The van der Waals surface area contributed by atoms with E-state index in [4.69, 9.17) is 4.74 Å². The summed E-state index contributed by atoms with van der Waals surface area (Å²) in [4.78, 5) is 16.3. The number of ether oxygens (including phenoxy) is 1. The Balaban J connectivity index is 1.92. The molecule has 5 nitrogen and oxygen atoms in total. The molecule has 1 amide bonds. The largest absolute Gasteiger partial charge is 0.385 e. The molecular formula is C15H23N3O2. The van der Waals surface area contributed by atoms with Gasteiger partial charge in [-0.05, 0) is 37.3 Å². The van der Waals surface area contributed by atoms with Crippen LogP contribution in [0.2, 0.25) is 0 Å². The van der Waals surface area contributed by atoms with E-state index in [1.807, 2.05) is 13.0 Å². The summed E-state index contributed by atoms with van der Waals surface area (Å²) in [7, 11) is 0. The number of carbonyl (C=O) groups excluding carboxylic acids is 1. The van der Waals surface area contributed by atoms with Gasteiger partial charge in [-0.15, -0.1) is 0 Å². The van der Waals surface area contributed by atoms with Crippen LogP contribution in [0.4, 0.5) is 5.69 Å². The van der Waals surface area contributed by atoms with Crippen LogP contribution < -0.4 is 10.6 Å². The zero-order valence-corrected chi connectivity index (χ0v) is 12.2. The number of hydrogen-bond donors (Lipinski definition) is 2. The summed E-state index contributed by atoms with van der Waals surface area (Å²) in [6, 6.07) is 3.64. The van der Waals surface area contributed by atoms with Crippen molar-refractivity contribution in [3.8, 4) is 0 Å². The highest BCUT2D eigenvalue weighted by Crippen LogP contribution is 2.28. The average molecular weight is 277 g/mol. The molecule has 20 heavy (non-hydrogen) atoms. The zero-order valence-electron chi connectivity index (χ0n) is 12.2. The summed E-state index contributed by atoms with van der Waals surface area (Å²) in [5.41, 5.74) is 1.51. The summed E-state index contributed by atoms with van der Waals surface area (Å²) >= 11 is 0. The molecule has 1 saturated heterocycles. The molecule has 2 heterocycles. The topological polar surface area (TPSA) is 63.2 Å². The van der Waals surface area contributed by atoms with Crippen molar-refractivity contribution in [1.29, 1.82) is 0 Å². The first-order chi connectivity index (χ1) is 9.63. The van der Waals surface area contributed by atoms with Gasteiger partial charge in [0.2, 0.25) is 0 Å². The lowest BCUT2D eigenvalue weighted by Crippen LogP contribution is -2.39. The molecule has 2 rings (SSSR count). The van der Waals surface area contributed by atoms with Crippen LogP contribution in [0, 0.1) is 5.41 Å². The third-order valence-corrected chi connectivity index (χ3v) is 3.75. The van der Waals surface area contributed by atoms with Gasteiger partial charge in [-0.3, -0.25) is 9.78 Å². The number of nitrogens with zero attached hydrogens (tertiary/aromatic N) is 1. The Morgan fingerprint density at radius 2 is 2.20 bits per heavy atom. The molecule has 0 aromatic carbocycles. The first kappa shape index (κ1) is 14.8. The van der Waals surface area contributed by atoms with Gasteiger partial charge in [0, 0.05) is 38.2 Å². The van der Waals surface area contributed by atoms with Crippen molar-refractivity contribution in [3.05, 3.63) is 24.0 Å². The fraction of sp³-hybridized carbons (Fsp3) is 0.600. The Labute approximate surface area is 120 Å². The Bertz CT molecular complexity index is 456. The van der Waals surface area contributed by atoms with E-state index < -0.39 is 0 Å². The number of hydrogen-bond acceptors (Lipinski definition) is 4. The molecule has 1 aromatic heterocycles. The number of anilines is 1. The molecule has 0 bridgehead atoms. The molecule has 0 atom stereocenters. The SMILES string of the molecule is CCNc1ccnc(C(=O)NCC2(C)CCOCC2)c1. The number of nitrogens with one attached hydrogen (secondary N) is 2. The van der Waals surface area contributed by atoms with Crippen LogP contribution >= 0.6 is 0 Å². The summed E-state index contributed by atoms with van der Waals surface area (Å²) in [6.45, 7) is 7.26. The molecule has 5 heteroatoms. The van der Waals surface area contributed by atoms with E-state index in [1.54, 1.807) is 12.3 Å². The van der Waals surface area contributed by atoms with Crippen LogP contribution in [0.1, 0.15) is 37.2 Å². The molecule has 0 aliphatic carbocycles. The van der Waals surface area contributed by atoms with E-state index in [2.05, 4.69) is 22.5 Å². The lowest BCUT2D eigenvalue weighted by Gasteiger charge is -2.33. The second kappa shape index (κ2) is 6.70. The van der Waals surface area contributed by atoms with Crippen LogP contribution in [0.25, 0.3) is 0 Å². The molecule has 1 aliphatic rings. The van der Waals surface area contributed by atoms with E-state index in [9.17, 15) is 4.79 Å². The first-order valence-corrected chi connectivity index (χ1v) is 7.19. The summed E-state index contributed by atoms with van der Waals surface area (Å²) in [5.74, 6) is -0.113. The highest BCUT2D eigenvalue weighted by Gasteiger charge is 2.27. The van der Waals surface area contributed by atoms with Crippen molar-refractivity contribution >= 4 is 11.6 Å². The number of pyridine rings is 1. The number of aromatic nitrogens is 1. The Hall–Kier alpha value is -1.62. The second-order valence-electron chi connectivity index (χ2n) is 5.57. The average Bonchev–Trinajstić information content (AvgIpc) is 2.46. The van der Waals surface area contributed by atoms with Crippen LogP contribution in [0.15, 0.2) is 18.3 Å². The van der Waals surface area contributed by atoms with Gasteiger partial charge in [-0.2, -0.15) is 0 Å². The van der Waals surface area contributed by atoms with E-state index >= 15 is 0 Å². The summed E-state index contributed by atoms with van der Waals surface area (Å²) < 4.78 is 5.37. The van der Waals surface area contributed by atoms with Gasteiger partial charge in [-0.1, -0.05) is 6.92 Å². The third-order valence-electron chi connectivity index (χ3n) is 3.75. The van der Waals surface area contributed by atoms with Gasteiger partial charge < -0.3 is 15.4 Å². The highest BCUT2D eigenvalue weighted by molar-refractivity contribution is 5.93. The minimum atomic E-state index is -0.113. The van der Waals surface area contributed by atoms with Crippen LogP contribution in [-0.2, 0) is 4.74 Å². The van der Waals surface area contributed by atoms with Crippen LogP contribution in [0.5, 0.6) is 0 Å². The van der Waals surface area contributed by atoms with Crippen molar-refractivity contribution in [2.75, 3.05) is 31.6 Å².